The van der Waals surface area contributed by atoms with Crippen LogP contribution in [-0.4, -0.2) is 16.1 Å². The van der Waals surface area contributed by atoms with E-state index in [4.69, 9.17) is 5.73 Å². The van der Waals surface area contributed by atoms with Gasteiger partial charge in [-0.2, -0.15) is 5.10 Å². The Labute approximate surface area is 92.7 Å². The van der Waals surface area contributed by atoms with Gasteiger partial charge in [0.25, 0.3) is 5.91 Å². The number of nitrogens with zero attached hydrogens (tertiary/aromatic N) is 1. The zero-order chi connectivity index (χ0) is 11.4. The molecular formula is C11H12N4O. The average molecular weight is 216 g/mol. The molecule has 0 saturated heterocycles. The number of amides is 1. The molecule has 0 saturated carbocycles. The van der Waals surface area contributed by atoms with Gasteiger partial charge in [-0.05, 0) is 11.6 Å². The number of rotatable bonds is 3. The fraction of sp³-hybridized carbons (Fsp3) is 0.0909. The van der Waals surface area contributed by atoms with Crippen molar-refractivity contribution < 1.29 is 4.79 Å². The number of hydrogen-bond acceptors (Lipinski definition) is 3. The van der Waals surface area contributed by atoms with E-state index >= 15 is 0 Å². The first kappa shape index (κ1) is 10.4. The van der Waals surface area contributed by atoms with Gasteiger partial charge in [0.05, 0.1) is 11.8 Å². The normalized spacial score (nSPS) is 10.1. The number of nitrogens with two attached hydrogens (primary N) is 1. The Morgan fingerprint density at radius 2 is 2.25 bits per heavy atom. The van der Waals surface area contributed by atoms with Crippen molar-refractivity contribution in [2.24, 2.45) is 5.73 Å². The third-order valence-corrected chi connectivity index (χ3v) is 2.25. The molecule has 0 fully saturated rings. The highest BCUT2D eigenvalue weighted by Crippen LogP contribution is 2.14. The second-order valence-corrected chi connectivity index (χ2v) is 3.30. The molecule has 0 aliphatic carbocycles. The number of para-hydroxylation sites is 1. The van der Waals surface area contributed by atoms with Crippen LogP contribution < -0.4 is 11.1 Å². The molecule has 16 heavy (non-hydrogen) atoms. The van der Waals surface area contributed by atoms with Crippen LogP contribution in [0.15, 0.2) is 36.7 Å². The van der Waals surface area contributed by atoms with Gasteiger partial charge in [0.2, 0.25) is 0 Å². The van der Waals surface area contributed by atoms with E-state index in [9.17, 15) is 4.79 Å². The van der Waals surface area contributed by atoms with Crippen molar-refractivity contribution in [2.45, 2.75) is 6.54 Å². The SMILES string of the molecule is NCc1ccccc1NC(=O)c1cn[nH]c1. The van der Waals surface area contributed by atoms with Gasteiger partial charge in [-0.3, -0.25) is 9.89 Å². The second-order valence-electron chi connectivity index (χ2n) is 3.30. The fourth-order valence-electron chi connectivity index (χ4n) is 1.39. The predicted molar refractivity (Wildman–Crippen MR) is 60.9 cm³/mol. The maximum absolute atomic E-state index is 11.7. The minimum absolute atomic E-state index is 0.199. The Kier molecular flexibility index (Phi) is 2.98. The van der Waals surface area contributed by atoms with Crippen LogP contribution in [-0.2, 0) is 6.54 Å². The van der Waals surface area contributed by atoms with Gasteiger partial charge in [0.1, 0.15) is 0 Å². The standard InChI is InChI=1S/C11H12N4O/c12-5-8-3-1-2-4-10(8)15-11(16)9-6-13-14-7-9/h1-4,6-7H,5,12H2,(H,13,14)(H,15,16). The fourth-order valence-corrected chi connectivity index (χ4v) is 1.39. The minimum atomic E-state index is -0.199. The lowest BCUT2D eigenvalue weighted by atomic mass is 10.1. The van der Waals surface area contributed by atoms with E-state index in [0.29, 0.717) is 12.1 Å². The molecule has 4 N–H and O–H groups in total. The van der Waals surface area contributed by atoms with Crippen LogP contribution in [0.3, 0.4) is 0 Å². The Morgan fingerprint density at radius 3 is 2.94 bits per heavy atom. The van der Waals surface area contributed by atoms with Gasteiger partial charge >= 0.3 is 0 Å². The molecule has 1 aromatic heterocycles. The highest BCUT2D eigenvalue weighted by atomic mass is 16.1. The number of nitrogens with one attached hydrogen (secondary N) is 2. The van der Waals surface area contributed by atoms with Crippen molar-refractivity contribution in [3.8, 4) is 0 Å². The molecule has 5 heteroatoms. The van der Waals surface area contributed by atoms with E-state index in [-0.39, 0.29) is 5.91 Å². The Hall–Kier alpha value is -2.14. The first-order valence-corrected chi connectivity index (χ1v) is 4.89. The zero-order valence-corrected chi connectivity index (χ0v) is 8.60. The number of carbonyl (C=O) groups excluding carboxylic acids is 1. The molecule has 0 atom stereocenters. The summed E-state index contributed by atoms with van der Waals surface area (Å²) in [6, 6.07) is 7.44. The van der Waals surface area contributed by atoms with Crippen LogP contribution in [0.4, 0.5) is 5.69 Å². The summed E-state index contributed by atoms with van der Waals surface area (Å²) in [4.78, 5) is 11.7. The average Bonchev–Trinajstić information content (AvgIpc) is 2.83. The number of aromatic amines is 1. The van der Waals surface area contributed by atoms with Crippen molar-refractivity contribution in [3.05, 3.63) is 47.8 Å². The summed E-state index contributed by atoms with van der Waals surface area (Å²) in [5.74, 6) is -0.199. The molecular weight excluding hydrogens is 204 g/mol. The number of benzene rings is 1. The van der Waals surface area contributed by atoms with Crippen LogP contribution in [0.2, 0.25) is 0 Å². The van der Waals surface area contributed by atoms with Gasteiger partial charge in [0, 0.05) is 18.4 Å². The molecule has 1 aromatic carbocycles. The number of hydrogen-bond donors (Lipinski definition) is 3. The van der Waals surface area contributed by atoms with Crippen molar-refractivity contribution >= 4 is 11.6 Å². The quantitative estimate of drug-likeness (QED) is 0.718. The van der Waals surface area contributed by atoms with Crippen LogP contribution in [0.25, 0.3) is 0 Å². The first-order valence-electron chi connectivity index (χ1n) is 4.89. The Balaban J connectivity index is 2.18. The van der Waals surface area contributed by atoms with E-state index in [1.807, 2.05) is 24.3 Å². The summed E-state index contributed by atoms with van der Waals surface area (Å²) in [7, 11) is 0. The van der Waals surface area contributed by atoms with Crippen LogP contribution in [0, 0.1) is 0 Å². The van der Waals surface area contributed by atoms with Gasteiger partial charge < -0.3 is 11.1 Å². The molecule has 0 aliphatic heterocycles. The van der Waals surface area contributed by atoms with Crippen molar-refractivity contribution in [1.29, 1.82) is 0 Å². The number of carbonyl (C=O) groups is 1. The Morgan fingerprint density at radius 1 is 1.44 bits per heavy atom. The maximum atomic E-state index is 11.7. The first-order chi connectivity index (χ1) is 7.81. The summed E-state index contributed by atoms with van der Waals surface area (Å²) in [5, 5.41) is 9.09. The third kappa shape index (κ3) is 2.09. The molecule has 0 aliphatic rings. The monoisotopic (exact) mass is 216 g/mol. The Bertz CT molecular complexity index is 478. The largest absolute Gasteiger partial charge is 0.326 e. The zero-order valence-electron chi connectivity index (χ0n) is 8.60. The summed E-state index contributed by atoms with van der Waals surface area (Å²) >= 11 is 0. The molecule has 5 nitrogen and oxygen atoms in total. The lowest BCUT2D eigenvalue weighted by Crippen LogP contribution is -2.13. The maximum Gasteiger partial charge on any atom is 0.258 e. The summed E-state index contributed by atoms with van der Waals surface area (Å²) < 4.78 is 0. The third-order valence-electron chi connectivity index (χ3n) is 2.25. The number of anilines is 1. The predicted octanol–water partition coefficient (Wildman–Crippen LogP) is 1.12. The number of aromatic nitrogens is 2. The summed E-state index contributed by atoms with van der Waals surface area (Å²) in [6.07, 6.45) is 3.01. The lowest BCUT2D eigenvalue weighted by Gasteiger charge is -2.08. The van der Waals surface area contributed by atoms with Crippen molar-refractivity contribution in [1.82, 2.24) is 10.2 Å². The molecule has 0 spiro atoms. The van der Waals surface area contributed by atoms with E-state index in [2.05, 4.69) is 15.5 Å². The van der Waals surface area contributed by atoms with Gasteiger partial charge in [-0.1, -0.05) is 18.2 Å². The van der Waals surface area contributed by atoms with E-state index in [1.165, 1.54) is 6.20 Å². The molecule has 0 radical (unpaired) electrons. The summed E-state index contributed by atoms with van der Waals surface area (Å²) in [6.45, 7) is 0.391. The molecule has 1 amide bonds. The minimum Gasteiger partial charge on any atom is -0.326 e. The van der Waals surface area contributed by atoms with Gasteiger partial charge in [0.15, 0.2) is 0 Å². The molecule has 2 rings (SSSR count). The molecule has 82 valence electrons. The molecule has 0 bridgehead atoms. The molecule has 0 unspecified atom stereocenters. The van der Waals surface area contributed by atoms with Crippen LogP contribution >= 0.6 is 0 Å². The van der Waals surface area contributed by atoms with E-state index in [0.717, 1.165) is 11.3 Å². The molecule has 2 aromatic rings. The van der Waals surface area contributed by atoms with Gasteiger partial charge in [-0.25, -0.2) is 0 Å². The van der Waals surface area contributed by atoms with Crippen LogP contribution in [0.5, 0.6) is 0 Å². The van der Waals surface area contributed by atoms with Crippen LogP contribution in [0.1, 0.15) is 15.9 Å². The second kappa shape index (κ2) is 4.59. The highest BCUT2D eigenvalue weighted by Gasteiger charge is 2.08. The molecule has 1 heterocycles. The summed E-state index contributed by atoms with van der Waals surface area (Å²) in [5.41, 5.74) is 7.70. The lowest BCUT2D eigenvalue weighted by molar-refractivity contribution is 0.102. The smallest absolute Gasteiger partial charge is 0.258 e. The van der Waals surface area contributed by atoms with E-state index in [1.54, 1.807) is 6.20 Å². The van der Waals surface area contributed by atoms with E-state index < -0.39 is 0 Å². The number of H-pyrrole nitrogens is 1. The van der Waals surface area contributed by atoms with Crippen molar-refractivity contribution in [2.75, 3.05) is 5.32 Å². The highest BCUT2D eigenvalue weighted by molar-refractivity contribution is 6.04. The van der Waals surface area contributed by atoms with Gasteiger partial charge in [-0.15, -0.1) is 0 Å². The van der Waals surface area contributed by atoms with Crippen molar-refractivity contribution in [3.63, 3.8) is 0 Å². The topological polar surface area (TPSA) is 83.8 Å².